The van der Waals surface area contributed by atoms with E-state index in [-0.39, 0.29) is 6.10 Å². The number of aliphatic hydroxyl groups is 1. The van der Waals surface area contributed by atoms with Crippen molar-refractivity contribution >= 4 is 0 Å². The Morgan fingerprint density at radius 1 is 1.21 bits per heavy atom. The molecule has 0 saturated heterocycles. The average molecular weight is 265 g/mol. The van der Waals surface area contributed by atoms with Crippen molar-refractivity contribution in [3.05, 3.63) is 29.8 Å². The highest BCUT2D eigenvalue weighted by atomic mass is 16.5. The van der Waals surface area contributed by atoms with Crippen LogP contribution in [0.2, 0.25) is 0 Å². The summed E-state index contributed by atoms with van der Waals surface area (Å²) in [6.07, 6.45) is 2.57. The van der Waals surface area contributed by atoms with Crippen LogP contribution < -0.4 is 10.1 Å². The van der Waals surface area contributed by atoms with Crippen LogP contribution in [0.4, 0.5) is 0 Å². The molecule has 0 saturated carbocycles. The van der Waals surface area contributed by atoms with Gasteiger partial charge in [-0.25, -0.2) is 0 Å². The third kappa shape index (κ3) is 6.60. The first-order valence-corrected chi connectivity index (χ1v) is 7.28. The van der Waals surface area contributed by atoms with Gasteiger partial charge in [-0.3, -0.25) is 0 Å². The van der Waals surface area contributed by atoms with Crippen LogP contribution in [0, 0.1) is 0 Å². The standard InChI is InChI=1S/C16H27NO2/c1-4-15(18)12-19-16-10-8-14(9-11-16)7-6-13(3)17-5-2/h8-11,13,15,17-18H,4-7,12H2,1-3H3. The summed E-state index contributed by atoms with van der Waals surface area (Å²) in [5.74, 6) is 0.830. The summed E-state index contributed by atoms with van der Waals surface area (Å²) in [4.78, 5) is 0. The molecule has 1 aromatic rings. The summed E-state index contributed by atoms with van der Waals surface area (Å²) in [6, 6.07) is 8.73. The van der Waals surface area contributed by atoms with Gasteiger partial charge in [0.05, 0.1) is 6.10 Å². The normalized spacial score (nSPS) is 14.1. The Hall–Kier alpha value is -1.06. The van der Waals surface area contributed by atoms with Crippen LogP contribution in [0.3, 0.4) is 0 Å². The average Bonchev–Trinajstić information content (AvgIpc) is 2.44. The van der Waals surface area contributed by atoms with E-state index in [1.165, 1.54) is 5.56 Å². The minimum absolute atomic E-state index is 0.368. The molecule has 0 aliphatic heterocycles. The third-order valence-corrected chi connectivity index (χ3v) is 3.26. The molecule has 0 amide bonds. The molecule has 0 spiro atoms. The van der Waals surface area contributed by atoms with E-state index >= 15 is 0 Å². The van der Waals surface area contributed by atoms with E-state index in [4.69, 9.17) is 4.74 Å². The van der Waals surface area contributed by atoms with Crippen molar-refractivity contribution in [3.8, 4) is 5.75 Å². The van der Waals surface area contributed by atoms with Gasteiger partial charge in [0.2, 0.25) is 0 Å². The molecular weight excluding hydrogens is 238 g/mol. The second-order valence-electron chi connectivity index (χ2n) is 5.01. The van der Waals surface area contributed by atoms with E-state index in [0.29, 0.717) is 12.6 Å². The first-order chi connectivity index (χ1) is 9.15. The van der Waals surface area contributed by atoms with E-state index in [9.17, 15) is 5.11 Å². The zero-order chi connectivity index (χ0) is 14.1. The van der Waals surface area contributed by atoms with Crippen molar-refractivity contribution in [2.45, 2.75) is 52.2 Å². The van der Waals surface area contributed by atoms with E-state index in [1.54, 1.807) is 0 Å². The van der Waals surface area contributed by atoms with Crippen LogP contribution in [0.25, 0.3) is 0 Å². The maximum atomic E-state index is 9.44. The summed E-state index contributed by atoms with van der Waals surface area (Å²) in [5.41, 5.74) is 1.33. The summed E-state index contributed by atoms with van der Waals surface area (Å²) >= 11 is 0. The molecule has 2 atom stereocenters. The number of ether oxygens (including phenoxy) is 1. The molecule has 0 heterocycles. The van der Waals surface area contributed by atoms with Gasteiger partial charge in [0.25, 0.3) is 0 Å². The zero-order valence-electron chi connectivity index (χ0n) is 12.4. The minimum Gasteiger partial charge on any atom is -0.491 e. The Kier molecular flexibility index (Phi) is 7.53. The predicted octanol–water partition coefficient (Wildman–Crippen LogP) is 2.77. The number of hydrogen-bond donors (Lipinski definition) is 2. The Labute approximate surface area is 117 Å². The van der Waals surface area contributed by atoms with E-state index < -0.39 is 0 Å². The quantitative estimate of drug-likeness (QED) is 0.721. The van der Waals surface area contributed by atoms with Crippen LogP contribution >= 0.6 is 0 Å². The first-order valence-electron chi connectivity index (χ1n) is 7.28. The van der Waals surface area contributed by atoms with Gasteiger partial charge in [-0.05, 0) is 50.4 Å². The largest absolute Gasteiger partial charge is 0.491 e. The first kappa shape index (κ1) is 16.0. The number of aryl methyl sites for hydroxylation is 1. The number of nitrogens with one attached hydrogen (secondary N) is 1. The summed E-state index contributed by atoms with van der Waals surface area (Å²) in [5, 5.41) is 12.9. The van der Waals surface area contributed by atoms with Crippen molar-refractivity contribution in [2.24, 2.45) is 0 Å². The van der Waals surface area contributed by atoms with E-state index in [1.807, 2.05) is 19.1 Å². The minimum atomic E-state index is -0.374. The Balaban J connectivity index is 2.34. The monoisotopic (exact) mass is 265 g/mol. The van der Waals surface area contributed by atoms with Crippen molar-refractivity contribution in [1.29, 1.82) is 0 Å². The fraction of sp³-hybridized carbons (Fsp3) is 0.625. The lowest BCUT2D eigenvalue weighted by atomic mass is 10.1. The van der Waals surface area contributed by atoms with Crippen LogP contribution in [-0.2, 0) is 6.42 Å². The fourth-order valence-electron chi connectivity index (χ4n) is 1.90. The fourth-order valence-corrected chi connectivity index (χ4v) is 1.90. The lowest BCUT2D eigenvalue weighted by Gasteiger charge is -2.13. The topological polar surface area (TPSA) is 41.5 Å². The Bertz CT molecular complexity index is 337. The predicted molar refractivity (Wildman–Crippen MR) is 79.7 cm³/mol. The van der Waals surface area contributed by atoms with Gasteiger partial charge in [0, 0.05) is 6.04 Å². The smallest absolute Gasteiger partial charge is 0.119 e. The Morgan fingerprint density at radius 2 is 1.89 bits per heavy atom. The van der Waals surface area contributed by atoms with Crippen LogP contribution in [0.5, 0.6) is 5.75 Å². The number of aliphatic hydroxyl groups excluding tert-OH is 1. The highest BCUT2D eigenvalue weighted by Gasteiger charge is 2.03. The molecule has 0 aliphatic carbocycles. The number of rotatable bonds is 9. The Morgan fingerprint density at radius 3 is 2.47 bits per heavy atom. The van der Waals surface area contributed by atoms with Crippen LogP contribution in [0.1, 0.15) is 39.2 Å². The van der Waals surface area contributed by atoms with Gasteiger partial charge in [-0.2, -0.15) is 0 Å². The summed E-state index contributed by atoms with van der Waals surface area (Å²) < 4.78 is 5.52. The van der Waals surface area contributed by atoms with Crippen molar-refractivity contribution in [1.82, 2.24) is 5.32 Å². The molecule has 1 aromatic carbocycles. The molecule has 3 nitrogen and oxygen atoms in total. The van der Waals surface area contributed by atoms with Crippen LogP contribution in [0.15, 0.2) is 24.3 Å². The highest BCUT2D eigenvalue weighted by Crippen LogP contribution is 2.14. The van der Waals surface area contributed by atoms with Crippen molar-refractivity contribution < 1.29 is 9.84 Å². The van der Waals surface area contributed by atoms with E-state index in [2.05, 4.69) is 31.3 Å². The maximum absolute atomic E-state index is 9.44. The van der Waals surface area contributed by atoms with Gasteiger partial charge in [-0.15, -0.1) is 0 Å². The number of hydrogen-bond acceptors (Lipinski definition) is 3. The lowest BCUT2D eigenvalue weighted by Crippen LogP contribution is -2.25. The number of benzene rings is 1. The second-order valence-corrected chi connectivity index (χ2v) is 5.01. The summed E-state index contributed by atoms with van der Waals surface area (Å²) in [7, 11) is 0. The molecule has 0 bridgehead atoms. The molecule has 108 valence electrons. The molecule has 0 fully saturated rings. The van der Waals surface area contributed by atoms with Gasteiger partial charge in [0.1, 0.15) is 12.4 Å². The molecule has 3 heteroatoms. The van der Waals surface area contributed by atoms with Crippen molar-refractivity contribution in [2.75, 3.05) is 13.2 Å². The molecule has 2 unspecified atom stereocenters. The highest BCUT2D eigenvalue weighted by molar-refractivity contribution is 5.27. The summed E-state index contributed by atoms with van der Waals surface area (Å²) in [6.45, 7) is 7.68. The van der Waals surface area contributed by atoms with Gasteiger partial charge in [0.15, 0.2) is 0 Å². The van der Waals surface area contributed by atoms with Gasteiger partial charge >= 0.3 is 0 Å². The molecule has 0 radical (unpaired) electrons. The van der Waals surface area contributed by atoms with Gasteiger partial charge < -0.3 is 15.2 Å². The zero-order valence-corrected chi connectivity index (χ0v) is 12.4. The molecule has 2 N–H and O–H groups in total. The molecule has 1 rings (SSSR count). The van der Waals surface area contributed by atoms with Gasteiger partial charge in [-0.1, -0.05) is 26.0 Å². The molecule has 0 aliphatic rings. The second kappa shape index (κ2) is 8.94. The van der Waals surface area contributed by atoms with Crippen LogP contribution in [-0.4, -0.2) is 30.4 Å². The molecule has 0 aromatic heterocycles. The SMILES string of the molecule is CCNC(C)CCc1ccc(OCC(O)CC)cc1. The molecular formula is C16H27NO2. The van der Waals surface area contributed by atoms with Crippen molar-refractivity contribution in [3.63, 3.8) is 0 Å². The third-order valence-electron chi connectivity index (χ3n) is 3.26. The lowest BCUT2D eigenvalue weighted by molar-refractivity contribution is 0.104. The maximum Gasteiger partial charge on any atom is 0.119 e. The molecule has 19 heavy (non-hydrogen) atoms. The van der Waals surface area contributed by atoms with E-state index in [0.717, 1.165) is 31.6 Å².